The van der Waals surface area contributed by atoms with Crippen LogP contribution in [0.2, 0.25) is 0 Å². The molecule has 1 rings (SSSR count). The maximum absolute atomic E-state index is 11.6. The van der Waals surface area contributed by atoms with Crippen LogP contribution in [0.5, 0.6) is 0 Å². The predicted octanol–water partition coefficient (Wildman–Crippen LogP) is 1.48. The lowest BCUT2D eigenvalue weighted by atomic mass is 10.1. The molecule has 0 saturated carbocycles. The van der Waals surface area contributed by atoms with Gasteiger partial charge in [-0.2, -0.15) is 0 Å². The van der Waals surface area contributed by atoms with Gasteiger partial charge in [0.25, 0.3) is 0 Å². The maximum Gasteiger partial charge on any atom is 0.234 e. The quantitative estimate of drug-likeness (QED) is 0.818. The number of amides is 1. The second-order valence-corrected chi connectivity index (χ2v) is 5.35. The smallest absolute Gasteiger partial charge is 0.234 e. The van der Waals surface area contributed by atoms with E-state index in [2.05, 4.69) is 5.32 Å². The Bertz CT molecular complexity index is 401. The van der Waals surface area contributed by atoms with Crippen LogP contribution in [0.25, 0.3) is 0 Å². The summed E-state index contributed by atoms with van der Waals surface area (Å²) in [6.45, 7) is 6.60. The minimum atomic E-state index is -0.572. The topological polar surface area (TPSA) is 52.6 Å². The van der Waals surface area contributed by atoms with Crippen molar-refractivity contribution in [1.82, 2.24) is 10.2 Å². The van der Waals surface area contributed by atoms with E-state index in [0.29, 0.717) is 13.1 Å². The second kappa shape index (κ2) is 7.26. The molecule has 0 saturated heterocycles. The zero-order valence-corrected chi connectivity index (χ0v) is 12.2. The first-order valence-corrected chi connectivity index (χ1v) is 6.61. The zero-order valence-electron chi connectivity index (χ0n) is 12.2. The third kappa shape index (κ3) is 5.85. The van der Waals surface area contributed by atoms with E-state index in [0.717, 1.165) is 5.56 Å². The molecular weight excluding hydrogens is 240 g/mol. The molecule has 0 heterocycles. The molecule has 1 atom stereocenters. The third-order valence-corrected chi connectivity index (χ3v) is 2.81. The van der Waals surface area contributed by atoms with Crippen LogP contribution in [-0.2, 0) is 4.79 Å². The van der Waals surface area contributed by atoms with Crippen molar-refractivity contribution in [3.63, 3.8) is 0 Å². The van der Waals surface area contributed by atoms with Gasteiger partial charge in [-0.3, -0.25) is 9.69 Å². The van der Waals surface area contributed by atoms with Crippen molar-refractivity contribution in [2.24, 2.45) is 0 Å². The molecule has 0 aliphatic rings. The lowest BCUT2D eigenvalue weighted by Gasteiger charge is -2.21. The molecule has 4 nitrogen and oxygen atoms in total. The van der Waals surface area contributed by atoms with E-state index in [9.17, 15) is 9.90 Å². The first kappa shape index (κ1) is 15.7. The Labute approximate surface area is 115 Å². The van der Waals surface area contributed by atoms with Gasteiger partial charge in [0.2, 0.25) is 5.91 Å². The molecule has 4 heteroatoms. The monoisotopic (exact) mass is 264 g/mol. The minimum Gasteiger partial charge on any atom is -0.387 e. The Balaban J connectivity index is 2.45. The first-order valence-electron chi connectivity index (χ1n) is 6.61. The van der Waals surface area contributed by atoms with E-state index in [-0.39, 0.29) is 11.9 Å². The minimum absolute atomic E-state index is 0.0198. The summed E-state index contributed by atoms with van der Waals surface area (Å²) in [6, 6.07) is 7.93. The summed E-state index contributed by atoms with van der Waals surface area (Å²) in [5.41, 5.74) is 2.04. The van der Waals surface area contributed by atoms with Gasteiger partial charge in [-0.25, -0.2) is 0 Å². The molecule has 0 aliphatic carbocycles. The summed E-state index contributed by atoms with van der Waals surface area (Å²) in [5, 5.41) is 12.9. The number of nitrogens with one attached hydrogen (secondary N) is 1. The van der Waals surface area contributed by atoms with Crippen molar-refractivity contribution >= 4 is 5.91 Å². The number of nitrogens with zero attached hydrogens (tertiary/aromatic N) is 1. The Hall–Kier alpha value is -1.39. The van der Waals surface area contributed by atoms with Crippen molar-refractivity contribution in [2.45, 2.75) is 32.9 Å². The Morgan fingerprint density at radius 1 is 1.32 bits per heavy atom. The molecule has 19 heavy (non-hydrogen) atoms. The molecule has 1 aromatic carbocycles. The maximum atomic E-state index is 11.6. The average molecular weight is 264 g/mol. The summed E-state index contributed by atoms with van der Waals surface area (Å²) in [7, 11) is 1.83. The fourth-order valence-corrected chi connectivity index (χ4v) is 1.87. The number of hydrogen-bond acceptors (Lipinski definition) is 3. The van der Waals surface area contributed by atoms with E-state index < -0.39 is 6.10 Å². The molecule has 1 aromatic rings. The molecule has 0 bridgehead atoms. The molecule has 106 valence electrons. The predicted molar refractivity (Wildman–Crippen MR) is 76.9 cm³/mol. The van der Waals surface area contributed by atoms with Gasteiger partial charge >= 0.3 is 0 Å². The zero-order chi connectivity index (χ0) is 14.4. The van der Waals surface area contributed by atoms with Crippen molar-refractivity contribution in [3.05, 3.63) is 35.4 Å². The fraction of sp³-hybridized carbons (Fsp3) is 0.533. The second-order valence-electron chi connectivity index (χ2n) is 5.35. The molecule has 0 aromatic heterocycles. The van der Waals surface area contributed by atoms with E-state index in [1.807, 2.05) is 57.0 Å². The van der Waals surface area contributed by atoms with Gasteiger partial charge in [0.1, 0.15) is 0 Å². The van der Waals surface area contributed by atoms with Crippen LogP contribution in [0.15, 0.2) is 24.3 Å². The number of carbonyl (C=O) groups excluding carboxylic acids is 1. The number of benzene rings is 1. The van der Waals surface area contributed by atoms with Gasteiger partial charge in [-0.1, -0.05) is 29.8 Å². The van der Waals surface area contributed by atoms with Crippen molar-refractivity contribution < 1.29 is 9.90 Å². The molecule has 0 spiro atoms. The van der Waals surface area contributed by atoms with Gasteiger partial charge < -0.3 is 10.4 Å². The van der Waals surface area contributed by atoms with Crippen molar-refractivity contribution in [2.75, 3.05) is 20.1 Å². The van der Waals surface area contributed by atoms with Crippen LogP contribution < -0.4 is 5.32 Å². The molecule has 2 N–H and O–H groups in total. The summed E-state index contributed by atoms with van der Waals surface area (Å²) in [6.07, 6.45) is -0.572. The van der Waals surface area contributed by atoms with E-state index in [4.69, 9.17) is 0 Å². The lowest BCUT2D eigenvalue weighted by molar-refractivity contribution is -0.122. The number of likely N-dealkylation sites (N-methyl/N-ethyl adjacent to an activating group) is 1. The SMILES string of the molecule is Cc1ccc(C(O)CN(C)CC(=O)NC(C)C)cc1. The lowest BCUT2D eigenvalue weighted by Crippen LogP contribution is -2.39. The molecule has 1 unspecified atom stereocenters. The van der Waals surface area contributed by atoms with Crippen LogP contribution in [0.1, 0.15) is 31.1 Å². The van der Waals surface area contributed by atoms with E-state index in [1.54, 1.807) is 0 Å². The van der Waals surface area contributed by atoms with Crippen LogP contribution >= 0.6 is 0 Å². The summed E-state index contributed by atoms with van der Waals surface area (Å²) in [4.78, 5) is 13.4. The number of aliphatic hydroxyl groups is 1. The van der Waals surface area contributed by atoms with Gasteiger partial charge in [0, 0.05) is 12.6 Å². The van der Waals surface area contributed by atoms with Crippen LogP contribution in [0.4, 0.5) is 0 Å². The Kier molecular flexibility index (Phi) is 5.99. The largest absolute Gasteiger partial charge is 0.387 e. The van der Waals surface area contributed by atoms with Crippen molar-refractivity contribution in [3.8, 4) is 0 Å². The molecule has 0 fully saturated rings. The number of carbonyl (C=O) groups is 1. The van der Waals surface area contributed by atoms with Crippen molar-refractivity contribution in [1.29, 1.82) is 0 Å². The molecular formula is C15H24N2O2. The standard InChI is InChI=1S/C15H24N2O2/c1-11(2)16-15(19)10-17(4)9-14(18)13-7-5-12(3)6-8-13/h5-8,11,14,18H,9-10H2,1-4H3,(H,16,19). The first-order chi connectivity index (χ1) is 8.88. The molecule has 0 aliphatic heterocycles. The summed E-state index contributed by atoms with van der Waals surface area (Å²) < 4.78 is 0. The van der Waals surface area contributed by atoms with Crippen LogP contribution in [0, 0.1) is 6.92 Å². The third-order valence-electron chi connectivity index (χ3n) is 2.81. The van der Waals surface area contributed by atoms with Gasteiger partial charge in [0.15, 0.2) is 0 Å². The highest BCUT2D eigenvalue weighted by Gasteiger charge is 2.13. The van der Waals surface area contributed by atoms with Gasteiger partial charge in [-0.15, -0.1) is 0 Å². The molecule has 1 amide bonds. The highest BCUT2D eigenvalue weighted by atomic mass is 16.3. The normalized spacial score (nSPS) is 12.8. The Morgan fingerprint density at radius 3 is 2.42 bits per heavy atom. The number of rotatable bonds is 6. The number of aliphatic hydroxyl groups excluding tert-OH is 1. The van der Waals surface area contributed by atoms with Crippen LogP contribution in [0.3, 0.4) is 0 Å². The number of aryl methyl sites for hydroxylation is 1. The van der Waals surface area contributed by atoms with Gasteiger partial charge in [-0.05, 0) is 33.4 Å². The fourth-order valence-electron chi connectivity index (χ4n) is 1.87. The van der Waals surface area contributed by atoms with Crippen LogP contribution in [-0.4, -0.2) is 42.1 Å². The number of hydrogen-bond donors (Lipinski definition) is 2. The van der Waals surface area contributed by atoms with E-state index >= 15 is 0 Å². The van der Waals surface area contributed by atoms with Gasteiger partial charge in [0.05, 0.1) is 12.6 Å². The summed E-state index contributed by atoms with van der Waals surface area (Å²) >= 11 is 0. The Morgan fingerprint density at radius 2 is 1.89 bits per heavy atom. The highest BCUT2D eigenvalue weighted by molar-refractivity contribution is 5.78. The average Bonchev–Trinajstić information content (AvgIpc) is 2.27. The van der Waals surface area contributed by atoms with E-state index in [1.165, 1.54) is 5.56 Å². The highest BCUT2D eigenvalue weighted by Crippen LogP contribution is 2.14. The summed E-state index contributed by atoms with van der Waals surface area (Å²) in [5.74, 6) is -0.0198. The molecule has 0 radical (unpaired) electrons.